The molecule has 7 nitrogen and oxygen atoms in total. The van der Waals surface area contributed by atoms with Gasteiger partial charge in [-0.1, -0.05) is 61.9 Å². The largest absolute Gasteiger partial charge is 0.481 e. The van der Waals surface area contributed by atoms with Gasteiger partial charge in [-0.3, -0.25) is 9.59 Å². The predicted octanol–water partition coefficient (Wildman–Crippen LogP) is 6.79. The summed E-state index contributed by atoms with van der Waals surface area (Å²) < 4.78 is 5.30. The number of Topliss-reactive ketones (excluding diaryl/α,β-unsaturated/α-hetero) is 1. The number of urea groups is 1. The summed E-state index contributed by atoms with van der Waals surface area (Å²) >= 11 is 0. The number of aliphatic carboxylic acids is 1. The van der Waals surface area contributed by atoms with Crippen LogP contribution in [0.5, 0.6) is 0 Å². The van der Waals surface area contributed by atoms with Crippen LogP contribution < -0.4 is 10.6 Å². The fourth-order valence-corrected chi connectivity index (χ4v) is 4.66. The molecular formula is C31H34N2O5. The van der Waals surface area contributed by atoms with E-state index in [9.17, 15) is 19.5 Å². The summed E-state index contributed by atoms with van der Waals surface area (Å²) in [5, 5.41) is 15.4. The lowest BCUT2D eigenvalue weighted by Gasteiger charge is -2.32. The second kappa shape index (κ2) is 12.5. The number of anilines is 2. The number of ketones is 1. The monoisotopic (exact) mass is 514 g/mol. The molecule has 198 valence electrons. The molecule has 3 N–H and O–H groups in total. The van der Waals surface area contributed by atoms with Gasteiger partial charge in [-0.05, 0) is 66.6 Å². The third-order valence-electron chi connectivity index (χ3n) is 7.12. The van der Waals surface area contributed by atoms with Crippen LogP contribution >= 0.6 is 0 Å². The summed E-state index contributed by atoms with van der Waals surface area (Å²) in [5.74, 6) is -1.12. The Morgan fingerprint density at radius 2 is 1.34 bits per heavy atom. The Morgan fingerprint density at radius 1 is 0.816 bits per heavy atom. The first-order chi connectivity index (χ1) is 18.4. The lowest BCUT2D eigenvalue weighted by molar-refractivity contribution is -0.154. The maximum atomic E-state index is 12.9. The molecule has 1 heterocycles. The SMILES string of the molecule is CCCCc1ccc(NC(=O)Nc2ccc(-c3ccc(C(=O)CC4(C(=O)O)CCOCC4)cc3)cc2)cc1. The van der Waals surface area contributed by atoms with Crippen molar-refractivity contribution < 1.29 is 24.2 Å². The maximum absolute atomic E-state index is 12.9. The molecule has 0 spiro atoms. The molecule has 38 heavy (non-hydrogen) atoms. The van der Waals surface area contributed by atoms with Gasteiger partial charge in [0.25, 0.3) is 0 Å². The first kappa shape index (κ1) is 27.1. The Bertz CT molecular complexity index is 1240. The average Bonchev–Trinajstić information content (AvgIpc) is 2.93. The van der Waals surface area contributed by atoms with Gasteiger partial charge in [-0.15, -0.1) is 0 Å². The second-order valence-electron chi connectivity index (χ2n) is 9.83. The number of amides is 2. The highest BCUT2D eigenvalue weighted by molar-refractivity contribution is 6.00. The van der Waals surface area contributed by atoms with E-state index < -0.39 is 11.4 Å². The van der Waals surface area contributed by atoms with Gasteiger partial charge in [0.05, 0.1) is 5.41 Å². The number of carbonyl (C=O) groups excluding carboxylic acids is 2. The Balaban J connectivity index is 1.33. The number of benzene rings is 3. The van der Waals surface area contributed by atoms with Crippen molar-refractivity contribution in [2.75, 3.05) is 23.8 Å². The minimum absolute atomic E-state index is 0.0313. The topological polar surface area (TPSA) is 105 Å². The van der Waals surface area contributed by atoms with Crippen molar-refractivity contribution in [3.63, 3.8) is 0 Å². The number of rotatable bonds is 10. The molecule has 0 bridgehead atoms. The van der Waals surface area contributed by atoms with Gasteiger partial charge >= 0.3 is 12.0 Å². The number of aryl methyl sites for hydroxylation is 1. The molecule has 1 aliphatic rings. The summed E-state index contributed by atoms with van der Waals surface area (Å²) in [6.45, 7) is 2.88. The molecule has 0 aliphatic carbocycles. The van der Waals surface area contributed by atoms with Crippen molar-refractivity contribution in [3.05, 3.63) is 83.9 Å². The number of carbonyl (C=O) groups is 3. The van der Waals surface area contributed by atoms with Gasteiger partial charge in [-0.2, -0.15) is 0 Å². The van der Waals surface area contributed by atoms with Crippen LogP contribution in [0.15, 0.2) is 72.8 Å². The Morgan fingerprint density at radius 3 is 1.87 bits per heavy atom. The third-order valence-corrected chi connectivity index (χ3v) is 7.12. The summed E-state index contributed by atoms with van der Waals surface area (Å²) in [4.78, 5) is 37.1. The molecule has 3 aromatic rings. The fraction of sp³-hybridized carbons (Fsp3) is 0.323. The summed E-state index contributed by atoms with van der Waals surface area (Å²) in [6, 6.07) is 22.2. The zero-order valence-corrected chi connectivity index (χ0v) is 21.7. The first-order valence-electron chi connectivity index (χ1n) is 13.1. The van der Waals surface area contributed by atoms with E-state index >= 15 is 0 Å². The molecule has 1 fully saturated rings. The number of unbranched alkanes of at least 4 members (excludes halogenated alkanes) is 1. The van der Waals surface area contributed by atoms with E-state index in [1.807, 2.05) is 60.7 Å². The van der Waals surface area contributed by atoms with E-state index in [0.29, 0.717) is 37.3 Å². The molecule has 1 aliphatic heterocycles. The summed E-state index contributed by atoms with van der Waals surface area (Å²) in [6.07, 6.45) is 3.99. The van der Waals surface area contributed by atoms with Crippen molar-refractivity contribution in [1.82, 2.24) is 0 Å². The fourth-order valence-electron chi connectivity index (χ4n) is 4.66. The van der Waals surface area contributed by atoms with E-state index in [1.54, 1.807) is 12.1 Å². The number of hydrogen-bond donors (Lipinski definition) is 3. The Hall–Kier alpha value is -3.97. The van der Waals surface area contributed by atoms with Gasteiger partial charge in [0.1, 0.15) is 0 Å². The third kappa shape index (κ3) is 6.86. The Labute approximate surface area is 223 Å². The van der Waals surface area contributed by atoms with Crippen molar-refractivity contribution in [2.24, 2.45) is 5.41 Å². The van der Waals surface area contributed by atoms with Crippen LogP contribution in [0.4, 0.5) is 16.2 Å². The number of hydrogen-bond acceptors (Lipinski definition) is 4. The van der Waals surface area contributed by atoms with Crippen LogP contribution in [-0.2, 0) is 16.0 Å². The minimum Gasteiger partial charge on any atom is -0.481 e. The molecule has 7 heteroatoms. The average molecular weight is 515 g/mol. The van der Waals surface area contributed by atoms with Crippen molar-refractivity contribution in [1.29, 1.82) is 0 Å². The van der Waals surface area contributed by atoms with Crippen LogP contribution in [0.25, 0.3) is 11.1 Å². The van der Waals surface area contributed by atoms with Crippen LogP contribution in [0.3, 0.4) is 0 Å². The molecule has 0 radical (unpaired) electrons. The highest BCUT2D eigenvalue weighted by Gasteiger charge is 2.42. The maximum Gasteiger partial charge on any atom is 0.323 e. The summed E-state index contributed by atoms with van der Waals surface area (Å²) in [7, 11) is 0. The van der Waals surface area contributed by atoms with Crippen LogP contribution in [0, 0.1) is 5.41 Å². The van der Waals surface area contributed by atoms with E-state index in [1.165, 1.54) is 5.56 Å². The van der Waals surface area contributed by atoms with Gasteiger partial charge in [0, 0.05) is 36.6 Å². The normalized spacial score (nSPS) is 14.4. The number of carboxylic acid groups (broad SMARTS) is 1. The molecule has 0 atom stereocenters. The highest BCUT2D eigenvalue weighted by atomic mass is 16.5. The van der Waals surface area contributed by atoms with Crippen LogP contribution in [0.1, 0.15) is 54.9 Å². The lowest BCUT2D eigenvalue weighted by Crippen LogP contribution is -2.39. The first-order valence-corrected chi connectivity index (χ1v) is 13.1. The predicted molar refractivity (Wildman–Crippen MR) is 149 cm³/mol. The quantitative estimate of drug-likeness (QED) is 0.258. The van der Waals surface area contributed by atoms with Crippen LogP contribution in [0.2, 0.25) is 0 Å². The van der Waals surface area contributed by atoms with Gasteiger partial charge in [-0.25, -0.2) is 4.79 Å². The molecule has 0 saturated carbocycles. The van der Waals surface area contributed by atoms with E-state index in [-0.39, 0.29) is 18.2 Å². The minimum atomic E-state index is -1.05. The molecule has 3 aromatic carbocycles. The lowest BCUT2D eigenvalue weighted by atomic mass is 9.75. The van der Waals surface area contributed by atoms with E-state index in [0.717, 1.165) is 36.1 Å². The van der Waals surface area contributed by atoms with Crippen molar-refractivity contribution in [3.8, 4) is 11.1 Å². The van der Waals surface area contributed by atoms with Gasteiger partial charge in [0.15, 0.2) is 5.78 Å². The molecular weight excluding hydrogens is 480 g/mol. The van der Waals surface area contributed by atoms with Gasteiger partial charge in [0.2, 0.25) is 0 Å². The van der Waals surface area contributed by atoms with Crippen molar-refractivity contribution in [2.45, 2.75) is 45.4 Å². The zero-order valence-electron chi connectivity index (χ0n) is 21.7. The number of nitrogens with one attached hydrogen (secondary N) is 2. The number of carboxylic acids is 1. The standard InChI is InChI=1S/C31H34N2O5/c1-2-3-4-22-5-13-26(14-6-22)32-30(37)33-27-15-11-24(12-16-27)23-7-9-25(10-8-23)28(34)21-31(29(35)36)17-19-38-20-18-31/h5-16H,2-4,17-21H2,1H3,(H,35,36)(H2,32,33,37). The molecule has 2 amide bonds. The van der Waals surface area contributed by atoms with E-state index in [2.05, 4.69) is 17.6 Å². The smallest absolute Gasteiger partial charge is 0.323 e. The molecule has 0 unspecified atom stereocenters. The second-order valence-corrected chi connectivity index (χ2v) is 9.83. The highest BCUT2D eigenvalue weighted by Crippen LogP contribution is 2.36. The van der Waals surface area contributed by atoms with Crippen molar-refractivity contribution >= 4 is 29.2 Å². The molecule has 4 rings (SSSR count). The number of ether oxygens (including phenoxy) is 1. The van der Waals surface area contributed by atoms with Gasteiger partial charge < -0.3 is 20.5 Å². The zero-order chi connectivity index (χ0) is 27.0. The molecule has 1 saturated heterocycles. The summed E-state index contributed by atoms with van der Waals surface area (Å²) in [5.41, 5.74) is 3.95. The van der Waals surface area contributed by atoms with E-state index in [4.69, 9.17) is 4.74 Å². The Kier molecular flexibility index (Phi) is 8.92. The van der Waals surface area contributed by atoms with Crippen LogP contribution in [-0.4, -0.2) is 36.1 Å². The molecule has 0 aromatic heterocycles.